The largest absolute Gasteiger partial charge is 0.340 e. The number of hydrogen-bond acceptors (Lipinski definition) is 5. The number of nitrogens with one attached hydrogen (secondary N) is 1. The molecule has 3 atom stereocenters. The number of anilines is 2. The van der Waals surface area contributed by atoms with Crippen LogP contribution in [0.5, 0.6) is 0 Å². The minimum absolute atomic E-state index is 0.0858. The topological polar surface area (TPSA) is 75.9 Å². The van der Waals surface area contributed by atoms with E-state index in [2.05, 4.69) is 20.4 Å². The first-order chi connectivity index (χ1) is 12.8. The van der Waals surface area contributed by atoms with Gasteiger partial charge in [-0.25, -0.2) is 18.7 Å². The van der Waals surface area contributed by atoms with Crippen LogP contribution in [0.2, 0.25) is 0 Å². The summed E-state index contributed by atoms with van der Waals surface area (Å²) in [6.45, 7) is 2.40. The van der Waals surface area contributed by atoms with Crippen molar-refractivity contribution in [3.05, 3.63) is 30.4 Å². The first-order valence-electron chi connectivity index (χ1n) is 9.10. The van der Waals surface area contributed by atoms with E-state index in [1.54, 1.807) is 22.0 Å². The number of halogens is 2. The lowest BCUT2D eigenvalue weighted by Crippen LogP contribution is -2.45. The molecule has 0 spiro atoms. The quantitative estimate of drug-likeness (QED) is 0.888. The van der Waals surface area contributed by atoms with Crippen molar-refractivity contribution in [1.82, 2.24) is 24.6 Å². The van der Waals surface area contributed by atoms with Crippen molar-refractivity contribution in [1.29, 1.82) is 0 Å². The van der Waals surface area contributed by atoms with Gasteiger partial charge in [-0.1, -0.05) is 0 Å². The monoisotopic (exact) mass is 376 g/mol. The minimum atomic E-state index is -2.81. The van der Waals surface area contributed by atoms with Gasteiger partial charge in [0.1, 0.15) is 5.92 Å². The zero-order valence-corrected chi connectivity index (χ0v) is 15.3. The summed E-state index contributed by atoms with van der Waals surface area (Å²) in [6.07, 6.45) is 6.32. The number of nitrogens with zero attached hydrogens (tertiary/aromatic N) is 5. The molecule has 1 N–H and O–H groups in total. The molecule has 2 aromatic heterocycles. The Bertz CT molecular complexity index is 854. The van der Waals surface area contributed by atoms with Crippen LogP contribution < -0.4 is 5.32 Å². The Balaban J connectivity index is 1.41. The van der Waals surface area contributed by atoms with Crippen molar-refractivity contribution in [3.8, 4) is 0 Å². The Morgan fingerprint density at radius 2 is 2.19 bits per heavy atom. The Morgan fingerprint density at radius 3 is 2.81 bits per heavy atom. The van der Waals surface area contributed by atoms with Gasteiger partial charge < -0.3 is 10.2 Å². The van der Waals surface area contributed by atoms with E-state index in [1.165, 1.54) is 0 Å². The second kappa shape index (κ2) is 6.54. The summed E-state index contributed by atoms with van der Waals surface area (Å²) < 4.78 is 28.1. The molecule has 144 valence electrons. The third kappa shape index (κ3) is 3.63. The number of aryl methyl sites for hydroxylation is 1. The maximum Gasteiger partial charge on any atom is 0.260 e. The molecule has 3 heterocycles. The number of likely N-dealkylation sites (tertiary alicyclic amines) is 1. The van der Waals surface area contributed by atoms with Gasteiger partial charge in [-0.05, 0) is 25.8 Å². The predicted molar refractivity (Wildman–Crippen MR) is 94.7 cm³/mol. The normalized spacial score (nSPS) is 26.7. The lowest BCUT2D eigenvalue weighted by molar-refractivity contribution is -0.138. The van der Waals surface area contributed by atoms with Crippen molar-refractivity contribution in [2.45, 2.75) is 44.1 Å². The summed E-state index contributed by atoms with van der Waals surface area (Å²) in [4.78, 5) is 22.7. The van der Waals surface area contributed by atoms with E-state index in [0.29, 0.717) is 25.3 Å². The van der Waals surface area contributed by atoms with Crippen molar-refractivity contribution < 1.29 is 13.6 Å². The molecule has 1 saturated heterocycles. The van der Waals surface area contributed by atoms with Gasteiger partial charge in [-0.3, -0.25) is 9.48 Å². The van der Waals surface area contributed by atoms with Gasteiger partial charge in [0.15, 0.2) is 0 Å². The Hall–Kier alpha value is -2.58. The summed E-state index contributed by atoms with van der Waals surface area (Å²) in [6, 6.07) is 1.79. The molecule has 9 heteroatoms. The number of carbonyl (C=O) groups is 1. The average Bonchev–Trinajstić information content (AvgIpc) is 3.08. The predicted octanol–water partition coefficient (Wildman–Crippen LogP) is 2.70. The number of hydrogen-bond donors (Lipinski definition) is 1. The molecule has 0 bridgehead atoms. The van der Waals surface area contributed by atoms with Crippen molar-refractivity contribution in [2.24, 2.45) is 13.0 Å². The van der Waals surface area contributed by atoms with Gasteiger partial charge in [0, 0.05) is 50.1 Å². The Morgan fingerprint density at radius 1 is 1.41 bits per heavy atom. The third-order valence-corrected chi connectivity index (χ3v) is 5.34. The number of amides is 1. The van der Waals surface area contributed by atoms with Crippen LogP contribution in [0.3, 0.4) is 0 Å². The molecule has 4 rings (SSSR count). The van der Waals surface area contributed by atoms with E-state index in [-0.39, 0.29) is 18.4 Å². The van der Waals surface area contributed by atoms with Gasteiger partial charge in [0.05, 0.1) is 11.9 Å². The number of piperidine rings is 1. The molecule has 0 aromatic carbocycles. The minimum Gasteiger partial charge on any atom is -0.340 e. The number of rotatable bonds is 4. The maximum atomic E-state index is 13.2. The maximum absolute atomic E-state index is 13.2. The molecule has 1 saturated carbocycles. The molecule has 7 nitrogen and oxygen atoms in total. The smallest absolute Gasteiger partial charge is 0.260 e. The lowest BCUT2D eigenvalue weighted by Gasteiger charge is -2.37. The highest BCUT2D eigenvalue weighted by Gasteiger charge is 2.62. The first-order valence-corrected chi connectivity index (χ1v) is 9.10. The molecular formula is C18H22F2N6O. The number of alkyl halides is 2. The van der Waals surface area contributed by atoms with E-state index < -0.39 is 17.7 Å². The molecule has 2 fully saturated rings. The summed E-state index contributed by atoms with van der Waals surface area (Å²) >= 11 is 0. The van der Waals surface area contributed by atoms with Crippen LogP contribution in [0, 0.1) is 5.92 Å². The van der Waals surface area contributed by atoms with Crippen molar-refractivity contribution in [3.63, 3.8) is 0 Å². The molecule has 3 unspecified atom stereocenters. The van der Waals surface area contributed by atoms with Crippen LogP contribution in [-0.4, -0.2) is 49.1 Å². The van der Waals surface area contributed by atoms with E-state index in [4.69, 9.17) is 0 Å². The van der Waals surface area contributed by atoms with Gasteiger partial charge in [-0.2, -0.15) is 5.10 Å². The highest BCUT2D eigenvalue weighted by Crippen LogP contribution is 2.50. The standard InChI is InChI=1S/C18H22F2N6O/c1-11-7-12(4-6-26(11)16(27)14-8-18(14,19)20)15-3-5-21-17(24-15)23-13-9-22-25(2)10-13/h3,5,9-12,14H,4,6-8H2,1-2H3,(H,21,23,24). The fourth-order valence-electron chi connectivity index (χ4n) is 3.72. The highest BCUT2D eigenvalue weighted by molar-refractivity contribution is 5.83. The Labute approximate surface area is 155 Å². The highest BCUT2D eigenvalue weighted by atomic mass is 19.3. The molecule has 1 aliphatic carbocycles. The summed E-state index contributed by atoms with van der Waals surface area (Å²) in [5.41, 5.74) is 1.70. The van der Waals surface area contributed by atoms with E-state index >= 15 is 0 Å². The molecule has 1 amide bonds. The summed E-state index contributed by atoms with van der Waals surface area (Å²) in [7, 11) is 1.83. The van der Waals surface area contributed by atoms with Crippen LogP contribution in [0.4, 0.5) is 20.4 Å². The fourth-order valence-corrected chi connectivity index (χ4v) is 3.72. The second-order valence-corrected chi connectivity index (χ2v) is 7.45. The van der Waals surface area contributed by atoms with Crippen LogP contribution in [0.1, 0.15) is 37.8 Å². The van der Waals surface area contributed by atoms with Crippen LogP contribution >= 0.6 is 0 Å². The van der Waals surface area contributed by atoms with Crippen LogP contribution in [-0.2, 0) is 11.8 Å². The van der Waals surface area contributed by atoms with Crippen LogP contribution in [0.25, 0.3) is 0 Å². The van der Waals surface area contributed by atoms with E-state index in [1.807, 2.05) is 26.2 Å². The van der Waals surface area contributed by atoms with E-state index in [9.17, 15) is 13.6 Å². The Kier molecular flexibility index (Phi) is 4.32. The molecular weight excluding hydrogens is 354 g/mol. The van der Waals surface area contributed by atoms with E-state index in [0.717, 1.165) is 11.4 Å². The zero-order valence-electron chi connectivity index (χ0n) is 15.3. The lowest BCUT2D eigenvalue weighted by atomic mass is 9.88. The number of carbonyl (C=O) groups excluding carboxylic acids is 1. The van der Waals surface area contributed by atoms with Gasteiger partial charge in [0.2, 0.25) is 11.9 Å². The number of aromatic nitrogens is 4. The van der Waals surface area contributed by atoms with Gasteiger partial charge in [0.25, 0.3) is 5.92 Å². The van der Waals surface area contributed by atoms with Crippen LogP contribution in [0.15, 0.2) is 24.7 Å². The van der Waals surface area contributed by atoms with Gasteiger partial charge in [-0.15, -0.1) is 0 Å². The average molecular weight is 376 g/mol. The summed E-state index contributed by atoms with van der Waals surface area (Å²) in [5, 5.41) is 7.22. The first kappa shape index (κ1) is 17.8. The molecule has 27 heavy (non-hydrogen) atoms. The molecule has 2 aliphatic rings. The zero-order chi connectivity index (χ0) is 19.2. The van der Waals surface area contributed by atoms with Crippen molar-refractivity contribution in [2.75, 3.05) is 11.9 Å². The van der Waals surface area contributed by atoms with Crippen molar-refractivity contribution >= 4 is 17.5 Å². The molecule has 2 aromatic rings. The molecule has 1 aliphatic heterocycles. The summed E-state index contributed by atoms with van der Waals surface area (Å²) in [5.74, 6) is -3.68. The molecule has 0 radical (unpaired) electrons. The SMILES string of the molecule is CC1CC(c2ccnc(Nc3cnn(C)c3)n2)CCN1C(=O)C1CC1(F)F. The second-order valence-electron chi connectivity index (χ2n) is 7.45. The van der Waals surface area contributed by atoms with Gasteiger partial charge >= 0.3 is 0 Å². The fraction of sp³-hybridized carbons (Fsp3) is 0.556. The third-order valence-electron chi connectivity index (χ3n) is 5.34.